The maximum Gasteiger partial charge on any atom is 0.434 e. The summed E-state index contributed by atoms with van der Waals surface area (Å²) in [4.78, 5) is 11.5. The van der Waals surface area contributed by atoms with Crippen molar-refractivity contribution in [2.45, 2.75) is 24.6 Å². The van der Waals surface area contributed by atoms with Crippen LogP contribution in [0.3, 0.4) is 0 Å². The van der Waals surface area contributed by atoms with Gasteiger partial charge in [0.25, 0.3) is 6.10 Å². The lowest BCUT2D eigenvalue weighted by Crippen LogP contribution is -2.45. The van der Waals surface area contributed by atoms with Crippen molar-refractivity contribution < 1.29 is 45.7 Å². The number of hydrogen-bond acceptors (Lipinski definition) is 4. The van der Waals surface area contributed by atoms with Crippen LogP contribution in [0.25, 0.3) is 0 Å². The number of aliphatic hydroxyl groups is 1. The van der Waals surface area contributed by atoms with Crippen molar-refractivity contribution >= 4 is 5.97 Å². The molecular weight excluding hydrogens is 346 g/mol. The van der Waals surface area contributed by atoms with Crippen molar-refractivity contribution in [2.75, 3.05) is 7.11 Å². The minimum absolute atomic E-state index is 0.00770. The predicted molar refractivity (Wildman–Crippen MR) is 69.1 cm³/mol. The Labute approximate surface area is 132 Å². The molecule has 0 heterocycles. The standard InChI is InChI=1S/C14H12F6O4/c1-7(10(21)8-3-5-9(23-2)6-4-8)11(22)24-12(13(15,16)17)14(18,19)20/h3-6,10,12,21H,1H2,2H3. The van der Waals surface area contributed by atoms with E-state index in [1.54, 1.807) is 0 Å². The third-order valence-electron chi connectivity index (χ3n) is 2.84. The highest BCUT2D eigenvalue weighted by Crippen LogP contribution is 2.36. The van der Waals surface area contributed by atoms with Crippen LogP contribution in [-0.4, -0.2) is 36.6 Å². The molecule has 1 aromatic rings. The Morgan fingerprint density at radius 3 is 1.92 bits per heavy atom. The molecule has 0 aromatic heterocycles. The highest BCUT2D eigenvalue weighted by molar-refractivity contribution is 5.89. The molecule has 1 rings (SSSR count). The molecule has 0 aliphatic heterocycles. The minimum atomic E-state index is -5.85. The van der Waals surface area contributed by atoms with Crippen LogP contribution < -0.4 is 4.74 Å². The van der Waals surface area contributed by atoms with E-state index >= 15 is 0 Å². The number of rotatable bonds is 5. The van der Waals surface area contributed by atoms with Crippen molar-refractivity contribution in [3.63, 3.8) is 0 Å². The number of carbonyl (C=O) groups excluding carboxylic acids is 1. The van der Waals surface area contributed by atoms with E-state index in [1.807, 2.05) is 0 Å². The van der Waals surface area contributed by atoms with Crippen LogP contribution in [0.5, 0.6) is 5.75 Å². The molecule has 0 fully saturated rings. The number of alkyl halides is 6. The van der Waals surface area contributed by atoms with E-state index in [4.69, 9.17) is 4.74 Å². The first-order valence-electron chi connectivity index (χ1n) is 6.23. The summed E-state index contributed by atoms with van der Waals surface area (Å²) in [5, 5.41) is 9.84. The van der Waals surface area contributed by atoms with Crippen LogP contribution in [0.1, 0.15) is 11.7 Å². The Morgan fingerprint density at radius 1 is 1.08 bits per heavy atom. The fourth-order valence-corrected chi connectivity index (χ4v) is 1.60. The van der Waals surface area contributed by atoms with Gasteiger partial charge in [0, 0.05) is 0 Å². The zero-order chi connectivity index (χ0) is 18.7. The maximum absolute atomic E-state index is 12.3. The molecule has 0 radical (unpaired) electrons. The highest BCUT2D eigenvalue weighted by Gasteiger charge is 2.60. The summed E-state index contributed by atoms with van der Waals surface area (Å²) in [6.45, 7) is 3.00. The highest BCUT2D eigenvalue weighted by atomic mass is 19.4. The fourth-order valence-electron chi connectivity index (χ4n) is 1.60. The van der Waals surface area contributed by atoms with Crippen molar-refractivity contribution in [1.82, 2.24) is 0 Å². The molecule has 1 atom stereocenters. The molecule has 1 aromatic carbocycles. The Morgan fingerprint density at radius 2 is 1.54 bits per heavy atom. The summed E-state index contributed by atoms with van der Waals surface area (Å²) in [5.74, 6) is -1.63. The Bertz CT molecular complexity index is 577. The number of methoxy groups -OCH3 is 1. The second-order valence-electron chi connectivity index (χ2n) is 4.57. The molecule has 1 unspecified atom stereocenters. The molecule has 134 valence electrons. The Balaban J connectivity index is 2.90. The van der Waals surface area contributed by atoms with Crippen LogP contribution in [0.2, 0.25) is 0 Å². The first-order chi connectivity index (χ1) is 10.9. The van der Waals surface area contributed by atoms with E-state index in [0.717, 1.165) is 0 Å². The zero-order valence-corrected chi connectivity index (χ0v) is 12.1. The van der Waals surface area contributed by atoms with Crippen molar-refractivity contribution in [3.8, 4) is 5.75 Å². The molecule has 0 saturated carbocycles. The SMILES string of the molecule is C=C(C(=O)OC(C(F)(F)F)C(F)(F)F)C(O)c1ccc(OC)cc1. The quantitative estimate of drug-likeness (QED) is 0.498. The molecule has 4 nitrogen and oxygen atoms in total. The smallest absolute Gasteiger partial charge is 0.434 e. The van der Waals surface area contributed by atoms with Crippen LogP contribution in [0, 0.1) is 0 Å². The van der Waals surface area contributed by atoms with Gasteiger partial charge in [-0.25, -0.2) is 4.79 Å². The molecule has 0 aliphatic carbocycles. The molecular formula is C14H12F6O4. The topological polar surface area (TPSA) is 55.8 Å². The summed E-state index contributed by atoms with van der Waals surface area (Å²) in [6, 6.07) is 5.25. The van der Waals surface area contributed by atoms with Gasteiger partial charge in [-0.2, -0.15) is 26.3 Å². The molecule has 0 bridgehead atoms. The first-order valence-corrected chi connectivity index (χ1v) is 6.23. The van der Waals surface area contributed by atoms with Gasteiger partial charge >= 0.3 is 18.3 Å². The molecule has 1 N–H and O–H groups in total. The Kier molecular flexibility index (Phi) is 5.88. The summed E-state index contributed by atoms with van der Waals surface area (Å²) in [5.41, 5.74) is -0.966. The van der Waals surface area contributed by atoms with Gasteiger partial charge in [0.05, 0.1) is 12.7 Å². The zero-order valence-electron chi connectivity index (χ0n) is 12.1. The summed E-state index contributed by atoms with van der Waals surface area (Å²) in [6.07, 6.45) is -17.8. The Hall–Kier alpha value is -2.23. The summed E-state index contributed by atoms with van der Waals surface area (Å²) in [7, 11) is 1.36. The van der Waals surface area contributed by atoms with Crippen LogP contribution in [0.15, 0.2) is 36.4 Å². The van der Waals surface area contributed by atoms with E-state index in [9.17, 15) is 36.2 Å². The van der Waals surface area contributed by atoms with Crippen molar-refractivity contribution in [2.24, 2.45) is 0 Å². The van der Waals surface area contributed by atoms with Gasteiger partial charge in [-0.05, 0) is 17.7 Å². The number of ether oxygens (including phenoxy) is 2. The van der Waals surface area contributed by atoms with E-state index in [1.165, 1.54) is 31.4 Å². The summed E-state index contributed by atoms with van der Waals surface area (Å²) < 4.78 is 82.4. The molecule has 0 spiro atoms. The minimum Gasteiger partial charge on any atom is -0.497 e. The number of aliphatic hydroxyl groups excluding tert-OH is 1. The van der Waals surface area contributed by atoms with Gasteiger partial charge in [-0.1, -0.05) is 18.7 Å². The van der Waals surface area contributed by atoms with E-state index in [-0.39, 0.29) is 5.56 Å². The van der Waals surface area contributed by atoms with Gasteiger partial charge in [0.1, 0.15) is 11.9 Å². The number of hydrogen-bond donors (Lipinski definition) is 1. The second kappa shape index (κ2) is 7.12. The average Bonchev–Trinajstić information content (AvgIpc) is 2.48. The van der Waals surface area contributed by atoms with E-state index < -0.39 is 36.1 Å². The van der Waals surface area contributed by atoms with Gasteiger partial charge in [-0.15, -0.1) is 0 Å². The molecule has 0 saturated heterocycles. The van der Waals surface area contributed by atoms with Crippen molar-refractivity contribution in [3.05, 3.63) is 42.0 Å². The number of halogens is 6. The lowest BCUT2D eigenvalue weighted by atomic mass is 10.0. The van der Waals surface area contributed by atoms with Gasteiger partial charge in [0.15, 0.2) is 0 Å². The van der Waals surface area contributed by atoms with Crippen molar-refractivity contribution in [1.29, 1.82) is 0 Å². The number of esters is 1. The normalized spacial score (nSPS) is 13.5. The number of carbonyl (C=O) groups is 1. The van der Waals surface area contributed by atoms with E-state index in [0.29, 0.717) is 5.75 Å². The number of benzene rings is 1. The lowest BCUT2D eigenvalue weighted by Gasteiger charge is -2.24. The third-order valence-corrected chi connectivity index (χ3v) is 2.84. The predicted octanol–water partition coefficient (Wildman–Crippen LogP) is 3.32. The van der Waals surface area contributed by atoms with Gasteiger partial charge in [0.2, 0.25) is 0 Å². The maximum atomic E-state index is 12.3. The van der Waals surface area contributed by atoms with Crippen LogP contribution >= 0.6 is 0 Å². The van der Waals surface area contributed by atoms with Crippen LogP contribution in [0.4, 0.5) is 26.3 Å². The molecule has 0 aliphatic rings. The van der Waals surface area contributed by atoms with Gasteiger partial charge < -0.3 is 14.6 Å². The fraction of sp³-hybridized carbons (Fsp3) is 0.357. The van der Waals surface area contributed by atoms with Crippen LogP contribution in [-0.2, 0) is 9.53 Å². The molecule has 24 heavy (non-hydrogen) atoms. The second-order valence-corrected chi connectivity index (χ2v) is 4.57. The average molecular weight is 358 g/mol. The summed E-state index contributed by atoms with van der Waals surface area (Å²) >= 11 is 0. The monoisotopic (exact) mass is 358 g/mol. The lowest BCUT2D eigenvalue weighted by molar-refractivity contribution is -0.312. The first kappa shape index (κ1) is 19.8. The molecule has 0 amide bonds. The third kappa shape index (κ3) is 4.88. The van der Waals surface area contributed by atoms with Gasteiger partial charge in [-0.3, -0.25) is 0 Å². The van der Waals surface area contributed by atoms with E-state index in [2.05, 4.69) is 11.3 Å². The molecule has 10 heteroatoms. The largest absolute Gasteiger partial charge is 0.497 e.